The fourth-order valence-electron chi connectivity index (χ4n) is 1.15. The first kappa shape index (κ1) is 11.7. The van der Waals surface area contributed by atoms with Crippen LogP contribution in [0, 0.1) is 0 Å². The van der Waals surface area contributed by atoms with E-state index in [0.717, 1.165) is 0 Å². The highest BCUT2D eigenvalue weighted by atomic mass is 32.2. The van der Waals surface area contributed by atoms with Gasteiger partial charge in [-0.1, -0.05) is 6.58 Å². The molecule has 0 bridgehead atoms. The van der Waals surface area contributed by atoms with Crippen molar-refractivity contribution in [3.05, 3.63) is 12.2 Å². The number of amides is 1. The summed E-state index contributed by atoms with van der Waals surface area (Å²) >= 11 is 0. The summed E-state index contributed by atoms with van der Waals surface area (Å²) in [6.45, 7) is 5.24. The van der Waals surface area contributed by atoms with Gasteiger partial charge in [-0.3, -0.25) is 4.79 Å². The molecule has 1 heterocycles. The van der Waals surface area contributed by atoms with Gasteiger partial charge in [0.05, 0.1) is 12.1 Å². The van der Waals surface area contributed by atoms with Crippen molar-refractivity contribution in [2.24, 2.45) is 0 Å². The normalized spacial score (nSPS) is 22.0. The minimum absolute atomic E-state index is 0.331. The van der Waals surface area contributed by atoms with Gasteiger partial charge in [0, 0.05) is 0 Å². The number of nitrogens with zero attached hydrogens (tertiary/aromatic N) is 1. The van der Waals surface area contributed by atoms with Crippen molar-refractivity contribution in [2.75, 3.05) is 6.54 Å². The summed E-state index contributed by atoms with van der Waals surface area (Å²) in [6.07, 6.45) is 0. The molecule has 1 saturated heterocycles. The zero-order valence-electron chi connectivity index (χ0n) is 8.35. The van der Waals surface area contributed by atoms with Crippen LogP contribution in [0.25, 0.3) is 0 Å². The number of hydrogen-bond donors (Lipinski definition) is 1. The van der Waals surface area contributed by atoms with Crippen LogP contribution in [0.4, 0.5) is 0 Å². The van der Waals surface area contributed by atoms with Gasteiger partial charge in [-0.15, -0.1) is 0 Å². The van der Waals surface area contributed by atoms with Crippen LogP contribution >= 0.6 is 0 Å². The molecular formula is C8H11NO5S. The van der Waals surface area contributed by atoms with Crippen LogP contribution in [-0.2, 0) is 19.6 Å². The minimum Gasteiger partial charge on any atom is -0.478 e. The maximum absolute atomic E-state index is 11.5. The third-order valence-electron chi connectivity index (χ3n) is 2.31. The van der Waals surface area contributed by atoms with E-state index >= 15 is 0 Å². The van der Waals surface area contributed by atoms with Gasteiger partial charge in [0.25, 0.3) is 15.9 Å². The largest absolute Gasteiger partial charge is 0.478 e. The zero-order valence-corrected chi connectivity index (χ0v) is 9.17. The fraction of sp³-hybridized carbons (Fsp3) is 0.500. The second-order valence-electron chi connectivity index (χ2n) is 3.74. The number of carboxylic acids is 1. The van der Waals surface area contributed by atoms with Gasteiger partial charge < -0.3 is 5.11 Å². The lowest BCUT2D eigenvalue weighted by molar-refractivity contribution is -0.134. The van der Waals surface area contributed by atoms with E-state index in [1.165, 1.54) is 13.8 Å². The Morgan fingerprint density at radius 3 is 2.33 bits per heavy atom. The Morgan fingerprint density at radius 2 is 2.00 bits per heavy atom. The quantitative estimate of drug-likeness (QED) is 0.668. The van der Waals surface area contributed by atoms with E-state index < -0.39 is 33.2 Å². The van der Waals surface area contributed by atoms with Gasteiger partial charge in [-0.05, 0) is 13.8 Å². The van der Waals surface area contributed by atoms with E-state index in [0.29, 0.717) is 4.31 Å². The Labute approximate surface area is 87.2 Å². The lowest BCUT2D eigenvalue weighted by Crippen LogP contribution is -2.67. The number of sulfonamides is 1. The number of rotatable bonds is 3. The summed E-state index contributed by atoms with van der Waals surface area (Å²) in [5, 5.41) is 8.50. The van der Waals surface area contributed by atoms with Gasteiger partial charge in [-0.2, -0.15) is 0 Å². The molecule has 1 amide bonds. The second-order valence-corrected chi connectivity index (χ2v) is 6.15. The third kappa shape index (κ3) is 1.43. The highest BCUT2D eigenvalue weighted by Crippen LogP contribution is 2.34. The van der Waals surface area contributed by atoms with Gasteiger partial charge in [-0.25, -0.2) is 17.5 Å². The Balaban J connectivity index is 2.90. The number of carboxylic acid groups (broad SMARTS) is 1. The van der Waals surface area contributed by atoms with Crippen LogP contribution in [-0.4, -0.2) is 41.0 Å². The maximum Gasteiger partial charge on any atom is 0.332 e. The highest BCUT2D eigenvalue weighted by Gasteiger charge is 2.60. The van der Waals surface area contributed by atoms with Crippen molar-refractivity contribution in [1.82, 2.24) is 4.31 Å². The SMILES string of the molecule is C=C(CN1C(=O)C(C)(C)S1(=O)=O)C(=O)O. The topological polar surface area (TPSA) is 91.8 Å². The number of hydrogen-bond acceptors (Lipinski definition) is 4. The summed E-state index contributed by atoms with van der Waals surface area (Å²) in [5.41, 5.74) is -0.331. The standard InChI is InChI=1S/C8H11NO5S/c1-5(6(10)11)4-9-7(12)8(2,3)15(9,13)14/h1,4H2,2-3H3,(H,10,11). The molecule has 1 N–H and O–H groups in total. The summed E-state index contributed by atoms with van der Waals surface area (Å²) in [4.78, 5) is 21.8. The molecule has 0 atom stereocenters. The Hall–Kier alpha value is -1.37. The lowest BCUT2D eigenvalue weighted by atomic mass is 10.1. The van der Waals surface area contributed by atoms with E-state index in [4.69, 9.17) is 5.11 Å². The molecule has 0 aromatic heterocycles. The molecular weight excluding hydrogens is 222 g/mol. The molecule has 1 fully saturated rings. The van der Waals surface area contributed by atoms with E-state index in [1.807, 2.05) is 0 Å². The molecule has 0 unspecified atom stereocenters. The zero-order chi connectivity index (χ0) is 12.0. The highest BCUT2D eigenvalue weighted by molar-refractivity contribution is 7.94. The first-order chi connectivity index (χ1) is 6.62. The summed E-state index contributed by atoms with van der Waals surface area (Å²) in [6, 6.07) is 0. The number of carbonyl (C=O) groups excluding carboxylic acids is 1. The van der Waals surface area contributed by atoms with Crippen molar-refractivity contribution in [3.8, 4) is 0 Å². The first-order valence-electron chi connectivity index (χ1n) is 4.10. The van der Waals surface area contributed by atoms with Crippen LogP contribution in [0.15, 0.2) is 12.2 Å². The molecule has 1 aliphatic rings. The van der Waals surface area contributed by atoms with Crippen LogP contribution in [0.2, 0.25) is 0 Å². The lowest BCUT2D eigenvalue weighted by Gasteiger charge is -2.42. The molecule has 0 saturated carbocycles. The molecule has 84 valence electrons. The van der Waals surface area contributed by atoms with E-state index in [9.17, 15) is 18.0 Å². The maximum atomic E-state index is 11.5. The summed E-state index contributed by atoms with van der Waals surface area (Å²) < 4.78 is 22.1. The Bertz CT molecular complexity index is 448. The van der Waals surface area contributed by atoms with Crippen molar-refractivity contribution in [1.29, 1.82) is 0 Å². The van der Waals surface area contributed by atoms with Crippen molar-refractivity contribution >= 4 is 21.9 Å². The molecule has 1 rings (SSSR count). The molecule has 0 aliphatic carbocycles. The number of carbonyl (C=O) groups is 2. The number of aliphatic carboxylic acids is 1. The fourth-order valence-corrected chi connectivity index (χ4v) is 2.68. The van der Waals surface area contributed by atoms with Crippen LogP contribution in [0.5, 0.6) is 0 Å². The predicted molar refractivity (Wildman–Crippen MR) is 51.5 cm³/mol. The van der Waals surface area contributed by atoms with E-state index in [-0.39, 0.29) is 5.57 Å². The minimum atomic E-state index is -3.72. The van der Waals surface area contributed by atoms with E-state index in [1.54, 1.807) is 0 Å². The van der Waals surface area contributed by atoms with Gasteiger partial charge in [0.2, 0.25) is 0 Å². The summed E-state index contributed by atoms with van der Waals surface area (Å²) in [5.74, 6) is -1.92. The molecule has 0 aromatic rings. The molecule has 0 aromatic carbocycles. The molecule has 0 spiro atoms. The average molecular weight is 233 g/mol. The molecule has 6 nitrogen and oxygen atoms in total. The van der Waals surface area contributed by atoms with Crippen molar-refractivity contribution < 1.29 is 23.1 Å². The van der Waals surface area contributed by atoms with Crippen LogP contribution in [0.3, 0.4) is 0 Å². The van der Waals surface area contributed by atoms with Crippen molar-refractivity contribution in [2.45, 2.75) is 18.6 Å². The predicted octanol–water partition coefficient (Wildman–Crippen LogP) is -0.422. The summed E-state index contributed by atoms with van der Waals surface area (Å²) in [7, 11) is -3.72. The molecule has 1 aliphatic heterocycles. The second kappa shape index (κ2) is 3.06. The third-order valence-corrected chi connectivity index (χ3v) is 4.65. The Kier molecular flexibility index (Phi) is 2.39. The molecule has 0 radical (unpaired) electrons. The van der Waals surface area contributed by atoms with Gasteiger partial charge >= 0.3 is 5.97 Å². The monoisotopic (exact) mass is 233 g/mol. The Morgan fingerprint density at radius 1 is 1.53 bits per heavy atom. The smallest absolute Gasteiger partial charge is 0.332 e. The first-order valence-corrected chi connectivity index (χ1v) is 5.54. The van der Waals surface area contributed by atoms with Crippen molar-refractivity contribution in [3.63, 3.8) is 0 Å². The molecule has 7 heteroatoms. The van der Waals surface area contributed by atoms with Gasteiger partial charge in [0.1, 0.15) is 0 Å². The van der Waals surface area contributed by atoms with Crippen LogP contribution in [0.1, 0.15) is 13.8 Å². The van der Waals surface area contributed by atoms with Crippen LogP contribution < -0.4 is 0 Å². The van der Waals surface area contributed by atoms with E-state index in [2.05, 4.69) is 6.58 Å². The van der Waals surface area contributed by atoms with Gasteiger partial charge in [0.15, 0.2) is 4.75 Å². The average Bonchev–Trinajstić information content (AvgIpc) is 2.11. The molecule has 15 heavy (non-hydrogen) atoms.